The Hall–Kier alpha value is -2.62. The first-order chi connectivity index (χ1) is 9.81. The minimum absolute atomic E-state index is 0.517. The van der Waals surface area contributed by atoms with E-state index in [-0.39, 0.29) is 0 Å². The van der Waals surface area contributed by atoms with E-state index in [2.05, 4.69) is 39.7 Å². The van der Waals surface area contributed by atoms with Crippen molar-refractivity contribution < 1.29 is 0 Å². The van der Waals surface area contributed by atoms with Gasteiger partial charge in [-0.1, -0.05) is 25.1 Å². The standard InChI is InChI=1S/C16H16N4/c1-2-12-6-3-4-8-14(12)20-11-18-10-15(20)13-7-5-9-19-16(13)17/h3-11H,2H2,1H3,(H2,17,19). The number of hydrogen-bond acceptors (Lipinski definition) is 3. The molecule has 2 aromatic heterocycles. The molecule has 0 fully saturated rings. The molecule has 0 amide bonds. The number of nitrogen functional groups attached to an aromatic ring is 1. The molecule has 3 rings (SSSR count). The zero-order chi connectivity index (χ0) is 13.9. The van der Waals surface area contributed by atoms with Crippen molar-refractivity contribution in [1.82, 2.24) is 14.5 Å². The summed E-state index contributed by atoms with van der Waals surface area (Å²) in [6, 6.07) is 12.2. The second-order valence-electron chi connectivity index (χ2n) is 4.57. The summed E-state index contributed by atoms with van der Waals surface area (Å²) in [5.74, 6) is 0.517. The van der Waals surface area contributed by atoms with E-state index in [4.69, 9.17) is 5.73 Å². The molecule has 0 spiro atoms. The van der Waals surface area contributed by atoms with Crippen molar-refractivity contribution in [3.05, 3.63) is 60.7 Å². The largest absolute Gasteiger partial charge is 0.383 e. The summed E-state index contributed by atoms with van der Waals surface area (Å²) in [6.07, 6.45) is 6.30. The number of anilines is 1. The molecule has 0 atom stereocenters. The number of nitrogens with zero attached hydrogens (tertiary/aromatic N) is 3. The number of para-hydroxylation sites is 1. The molecular formula is C16H16N4. The highest BCUT2D eigenvalue weighted by Gasteiger charge is 2.11. The van der Waals surface area contributed by atoms with E-state index in [0.29, 0.717) is 5.82 Å². The van der Waals surface area contributed by atoms with Gasteiger partial charge in [-0.05, 0) is 30.2 Å². The fourth-order valence-electron chi connectivity index (χ4n) is 2.37. The Morgan fingerprint density at radius 2 is 2.00 bits per heavy atom. The smallest absolute Gasteiger partial charge is 0.132 e. The molecular weight excluding hydrogens is 248 g/mol. The van der Waals surface area contributed by atoms with Crippen LogP contribution in [0, 0.1) is 0 Å². The molecule has 4 nitrogen and oxygen atoms in total. The minimum Gasteiger partial charge on any atom is -0.383 e. The number of rotatable bonds is 3. The summed E-state index contributed by atoms with van der Waals surface area (Å²) in [5, 5.41) is 0. The summed E-state index contributed by atoms with van der Waals surface area (Å²) >= 11 is 0. The predicted molar refractivity (Wildman–Crippen MR) is 80.6 cm³/mol. The third-order valence-electron chi connectivity index (χ3n) is 3.39. The first-order valence-corrected chi connectivity index (χ1v) is 6.62. The number of aryl methyl sites for hydroxylation is 1. The molecule has 3 aromatic rings. The summed E-state index contributed by atoms with van der Waals surface area (Å²) in [5.41, 5.74) is 10.2. The second-order valence-corrected chi connectivity index (χ2v) is 4.57. The molecule has 0 unspecified atom stereocenters. The fourth-order valence-corrected chi connectivity index (χ4v) is 2.37. The maximum Gasteiger partial charge on any atom is 0.132 e. The zero-order valence-electron chi connectivity index (χ0n) is 11.3. The van der Waals surface area contributed by atoms with Crippen molar-refractivity contribution >= 4 is 5.82 Å². The van der Waals surface area contributed by atoms with E-state index in [1.165, 1.54) is 5.56 Å². The number of hydrogen-bond donors (Lipinski definition) is 1. The molecule has 4 heteroatoms. The monoisotopic (exact) mass is 264 g/mol. The van der Waals surface area contributed by atoms with Crippen molar-refractivity contribution in [1.29, 1.82) is 0 Å². The molecule has 0 bridgehead atoms. The van der Waals surface area contributed by atoms with Gasteiger partial charge in [0, 0.05) is 11.8 Å². The van der Waals surface area contributed by atoms with Crippen LogP contribution < -0.4 is 5.73 Å². The van der Waals surface area contributed by atoms with Crippen molar-refractivity contribution in [3.63, 3.8) is 0 Å². The Morgan fingerprint density at radius 3 is 2.80 bits per heavy atom. The highest BCUT2D eigenvalue weighted by molar-refractivity contribution is 5.72. The highest BCUT2D eigenvalue weighted by atomic mass is 15.1. The van der Waals surface area contributed by atoms with Gasteiger partial charge < -0.3 is 5.73 Å². The normalized spacial score (nSPS) is 10.7. The molecule has 2 heterocycles. The Morgan fingerprint density at radius 1 is 1.15 bits per heavy atom. The van der Waals surface area contributed by atoms with Gasteiger partial charge in [0.15, 0.2) is 0 Å². The third-order valence-corrected chi connectivity index (χ3v) is 3.39. The predicted octanol–water partition coefficient (Wildman–Crippen LogP) is 3.08. The van der Waals surface area contributed by atoms with Crippen LogP contribution in [0.4, 0.5) is 5.82 Å². The van der Waals surface area contributed by atoms with Crippen LogP contribution in [0.15, 0.2) is 55.1 Å². The van der Waals surface area contributed by atoms with Crippen LogP contribution in [0.25, 0.3) is 16.9 Å². The first-order valence-electron chi connectivity index (χ1n) is 6.62. The van der Waals surface area contributed by atoms with E-state index in [1.54, 1.807) is 6.20 Å². The molecule has 0 saturated carbocycles. The molecule has 0 saturated heterocycles. The Kier molecular flexibility index (Phi) is 3.21. The molecule has 100 valence electrons. The third kappa shape index (κ3) is 2.05. The van der Waals surface area contributed by atoms with Gasteiger partial charge in [-0.15, -0.1) is 0 Å². The Labute approximate surface area is 117 Å². The van der Waals surface area contributed by atoms with Crippen molar-refractivity contribution in [2.24, 2.45) is 0 Å². The van der Waals surface area contributed by atoms with Gasteiger partial charge in [0.1, 0.15) is 5.82 Å². The number of imidazole rings is 1. The topological polar surface area (TPSA) is 56.7 Å². The van der Waals surface area contributed by atoms with Crippen LogP contribution in [-0.2, 0) is 6.42 Å². The number of nitrogens with two attached hydrogens (primary N) is 1. The number of pyridine rings is 1. The second kappa shape index (κ2) is 5.17. The maximum absolute atomic E-state index is 5.98. The lowest BCUT2D eigenvalue weighted by Gasteiger charge is -2.13. The fraction of sp³-hybridized carbons (Fsp3) is 0.125. The van der Waals surface area contributed by atoms with E-state index >= 15 is 0 Å². The minimum atomic E-state index is 0.517. The van der Waals surface area contributed by atoms with Gasteiger partial charge >= 0.3 is 0 Å². The molecule has 0 aliphatic carbocycles. The van der Waals surface area contributed by atoms with Gasteiger partial charge in [0.05, 0.1) is 23.9 Å². The molecule has 0 aliphatic heterocycles. The van der Waals surface area contributed by atoms with Crippen LogP contribution in [0.3, 0.4) is 0 Å². The quantitative estimate of drug-likeness (QED) is 0.791. The molecule has 2 N–H and O–H groups in total. The number of aromatic nitrogens is 3. The van der Waals surface area contributed by atoms with E-state index in [0.717, 1.165) is 23.4 Å². The van der Waals surface area contributed by atoms with E-state index in [9.17, 15) is 0 Å². The van der Waals surface area contributed by atoms with Gasteiger partial charge in [-0.3, -0.25) is 4.57 Å². The van der Waals surface area contributed by atoms with E-state index < -0.39 is 0 Å². The molecule has 1 aromatic carbocycles. The lowest BCUT2D eigenvalue weighted by atomic mass is 10.1. The summed E-state index contributed by atoms with van der Waals surface area (Å²) in [7, 11) is 0. The highest BCUT2D eigenvalue weighted by Crippen LogP contribution is 2.27. The van der Waals surface area contributed by atoms with Crippen LogP contribution in [0.5, 0.6) is 0 Å². The lowest BCUT2D eigenvalue weighted by Crippen LogP contribution is -2.01. The van der Waals surface area contributed by atoms with Crippen LogP contribution in [0.1, 0.15) is 12.5 Å². The number of benzene rings is 1. The zero-order valence-corrected chi connectivity index (χ0v) is 11.3. The summed E-state index contributed by atoms with van der Waals surface area (Å²) < 4.78 is 2.06. The van der Waals surface area contributed by atoms with Gasteiger partial charge in [0.25, 0.3) is 0 Å². The van der Waals surface area contributed by atoms with Crippen LogP contribution >= 0.6 is 0 Å². The average molecular weight is 264 g/mol. The van der Waals surface area contributed by atoms with Gasteiger partial charge in [0.2, 0.25) is 0 Å². The Balaban J connectivity index is 2.19. The maximum atomic E-state index is 5.98. The summed E-state index contributed by atoms with van der Waals surface area (Å²) in [6.45, 7) is 2.15. The van der Waals surface area contributed by atoms with Gasteiger partial charge in [-0.25, -0.2) is 9.97 Å². The molecule has 0 radical (unpaired) electrons. The lowest BCUT2D eigenvalue weighted by molar-refractivity contribution is 1.01. The molecule has 20 heavy (non-hydrogen) atoms. The van der Waals surface area contributed by atoms with Crippen LogP contribution in [-0.4, -0.2) is 14.5 Å². The average Bonchev–Trinajstić information content (AvgIpc) is 2.96. The first kappa shape index (κ1) is 12.4. The molecule has 0 aliphatic rings. The summed E-state index contributed by atoms with van der Waals surface area (Å²) in [4.78, 5) is 8.42. The van der Waals surface area contributed by atoms with Gasteiger partial charge in [-0.2, -0.15) is 0 Å². The van der Waals surface area contributed by atoms with E-state index in [1.807, 2.05) is 30.7 Å². The SMILES string of the molecule is CCc1ccccc1-n1cncc1-c1cccnc1N. The van der Waals surface area contributed by atoms with Crippen LogP contribution in [0.2, 0.25) is 0 Å². The van der Waals surface area contributed by atoms with Crippen molar-refractivity contribution in [2.45, 2.75) is 13.3 Å². The van der Waals surface area contributed by atoms with Crippen molar-refractivity contribution in [3.8, 4) is 16.9 Å². The van der Waals surface area contributed by atoms with Crippen molar-refractivity contribution in [2.75, 3.05) is 5.73 Å². The Bertz CT molecular complexity index is 731.